The van der Waals surface area contributed by atoms with Crippen LogP contribution in [0.2, 0.25) is 10.0 Å². The molecule has 0 radical (unpaired) electrons. The number of urea groups is 1. The summed E-state index contributed by atoms with van der Waals surface area (Å²) in [7, 11) is 0. The number of Topliss-reactive ketones (excluding diaryl/α,β-unsaturated/α-hetero) is 1. The molecular weight excluding hydrogens is 484 g/mol. The quantitative estimate of drug-likeness (QED) is 0.422. The number of carbonyl (C=O) groups is 2. The van der Waals surface area contributed by atoms with Gasteiger partial charge in [-0.05, 0) is 48.5 Å². The predicted molar refractivity (Wildman–Crippen MR) is 114 cm³/mol. The monoisotopic (exact) mass is 498 g/mol. The van der Waals surface area contributed by atoms with Gasteiger partial charge in [-0.3, -0.25) is 4.79 Å². The Hall–Kier alpha value is -3.01. The summed E-state index contributed by atoms with van der Waals surface area (Å²) in [4.78, 5) is 25.4. The molecule has 11 heteroatoms. The molecule has 1 fully saturated rings. The predicted octanol–water partition coefficient (Wildman–Crippen LogP) is 5.36. The molecule has 1 aliphatic heterocycles. The Labute approximate surface area is 195 Å². The summed E-state index contributed by atoms with van der Waals surface area (Å²) in [5, 5.41) is 14.9. The van der Waals surface area contributed by atoms with E-state index in [9.17, 15) is 27.9 Å². The number of furan rings is 1. The third kappa shape index (κ3) is 4.19. The van der Waals surface area contributed by atoms with Crippen LogP contribution in [-0.2, 0) is 0 Å². The molecule has 1 aliphatic rings. The average Bonchev–Trinajstić information content (AvgIpc) is 3.23. The van der Waals surface area contributed by atoms with Crippen LogP contribution in [-0.4, -0.2) is 28.8 Å². The number of ketones is 1. The first-order valence-electron chi connectivity index (χ1n) is 9.53. The van der Waals surface area contributed by atoms with Crippen molar-refractivity contribution in [1.82, 2.24) is 10.6 Å². The summed E-state index contributed by atoms with van der Waals surface area (Å²) < 4.78 is 47.7. The number of rotatable bonds is 4. The van der Waals surface area contributed by atoms with Crippen molar-refractivity contribution in [2.45, 2.75) is 17.9 Å². The Morgan fingerprint density at radius 2 is 1.70 bits per heavy atom. The molecule has 33 heavy (non-hydrogen) atoms. The fourth-order valence-corrected chi connectivity index (χ4v) is 4.05. The first-order valence-corrected chi connectivity index (χ1v) is 10.3. The second-order valence-electron chi connectivity index (χ2n) is 7.37. The van der Waals surface area contributed by atoms with Crippen molar-refractivity contribution < 1.29 is 32.3 Å². The molecule has 3 unspecified atom stereocenters. The number of benzene rings is 2. The second kappa shape index (κ2) is 8.40. The van der Waals surface area contributed by atoms with E-state index in [0.29, 0.717) is 10.6 Å². The molecule has 1 saturated heterocycles. The number of hydrogen-bond acceptors (Lipinski definition) is 4. The molecule has 3 atom stereocenters. The number of amides is 2. The van der Waals surface area contributed by atoms with Gasteiger partial charge in [0.15, 0.2) is 5.78 Å². The molecule has 2 aromatic carbocycles. The Morgan fingerprint density at radius 3 is 2.33 bits per heavy atom. The zero-order valence-corrected chi connectivity index (χ0v) is 18.0. The highest BCUT2D eigenvalue weighted by atomic mass is 35.5. The minimum absolute atomic E-state index is 0.145. The van der Waals surface area contributed by atoms with Gasteiger partial charge >= 0.3 is 12.2 Å². The largest absolute Gasteiger partial charge is 0.459 e. The molecule has 0 spiro atoms. The van der Waals surface area contributed by atoms with Crippen molar-refractivity contribution in [3.05, 3.63) is 82.0 Å². The molecule has 0 bridgehead atoms. The van der Waals surface area contributed by atoms with E-state index in [1.165, 1.54) is 41.7 Å². The van der Waals surface area contributed by atoms with E-state index in [1.54, 1.807) is 24.3 Å². The average molecular weight is 499 g/mol. The van der Waals surface area contributed by atoms with Crippen LogP contribution < -0.4 is 10.6 Å². The smallest absolute Gasteiger partial charge is 0.437 e. The van der Waals surface area contributed by atoms with E-state index >= 15 is 0 Å². The Morgan fingerprint density at radius 1 is 1.03 bits per heavy atom. The number of nitrogens with one attached hydrogen (secondary N) is 2. The van der Waals surface area contributed by atoms with Crippen LogP contribution in [0.4, 0.5) is 18.0 Å². The van der Waals surface area contributed by atoms with Gasteiger partial charge in [0, 0.05) is 16.1 Å². The number of aliphatic hydroxyl groups is 1. The minimum Gasteiger partial charge on any atom is -0.459 e. The molecule has 172 valence electrons. The molecule has 0 aliphatic carbocycles. The van der Waals surface area contributed by atoms with Gasteiger partial charge in [-0.15, -0.1) is 0 Å². The first-order chi connectivity index (χ1) is 15.5. The standard InChI is InChI=1S/C22H15Cl2F3N2O4/c23-12-7-5-11(6-8-12)19(30)17-18(28-20(31)29-21(17,32)22(25,26)27)16-10-9-15(33-16)13-3-1-2-4-14(13)24/h1-10,17-18,32H,(H2,28,29,31). The van der Waals surface area contributed by atoms with Gasteiger partial charge in [0.05, 0.1) is 5.02 Å². The first kappa shape index (κ1) is 23.2. The Bertz CT molecular complexity index is 1210. The summed E-state index contributed by atoms with van der Waals surface area (Å²) >= 11 is 12.0. The molecule has 3 N–H and O–H groups in total. The topological polar surface area (TPSA) is 91.6 Å². The van der Waals surface area contributed by atoms with E-state index in [-0.39, 0.29) is 22.1 Å². The van der Waals surface area contributed by atoms with Gasteiger partial charge in [-0.25, -0.2) is 4.79 Å². The number of alkyl halides is 3. The molecule has 3 aromatic rings. The van der Waals surface area contributed by atoms with Crippen molar-refractivity contribution in [3.63, 3.8) is 0 Å². The van der Waals surface area contributed by atoms with Gasteiger partial charge < -0.3 is 20.2 Å². The van der Waals surface area contributed by atoms with Crippen LogP contribution >= 0.6 is 23.2 Å². The lowest BCUT2D eigenvalue weighted by molar-refractivity contribution is -0.288. The lowest BCUT2D eigenvalue weighted by Gasteiger charge is -2.44. The fraction of sp³-hybridized carbons (Fsp3) is 0.182. The van der Waals surface area contributed by atoms with Crippen LogP contribution in [0.1, 0.15) is 22.2 Å². The maximum absolute atomic E-state index is 14.0. The number of carbonyl (C=O) groups excluding carboxylic acids is 2. The van der Waals surface area contributed by atoms with Crippen molar-refractivity contribution in [3.8, 4) is 11.3 Å². The fourth-order valence-electron chi connectivity index (χ4n) is 3.70. The van der Waals surface area contributed by atoms with Crippen LogP contribution in [0, 0.1) is 5.92 Å². The van der Waals surface area contributed by atoms with Crippen LogP contribution in [0.5, 0.6) is 0 Å². The Balaban J connectivity index is 1.82. The van der Waals surface area contributed by atoms with E-state index < -0.39 is 35.7 Å². The summed E-state index contributed by atoms with van der Waals surface area (Å²) in [5.41, 5.74) is -3.56. The second-order valence-corrected chi connectivity index (χ2v) is 8.21. The number of halogens is 5. The van der Waals surface area contributed by atoms with Crippen LogP contribution in [0.15, 0.2) is 65.1 Å². The van der Waals surface area contributed by atoms with Gasteiger partial charge in [0.2, 0.25) is 5.72 Å². The van der Waals surface area contributed by atoms with Crippen molar-refractivity contribution >= 4 is 35.0 Å². The maximum Gasteiger partial charge on any atom is 0.437 e. The lowest BCUT2D eigenvalue weighted by Crippen LogP contribution is -2.72. The van der Waals surface area contributed by atoms with E-state index in [2.05, 4.69) is 5.32 Å². The molecule has 6 nitrogen and oxygen atoms in total. The highest BCUT2D eigenvalue weighted by molar-refractivity contribution is 6.33. The van der Waals surface area contributed by atoms with E-state index in [1.807, 2.05) is 0 Å². The zero-order chi connectivity index (χ0) is 24.0. The molecule has 0 saturated carbocycles. The molecule has 4 rings (SSSR count). The molecule has 2 amide bonds. The van der Waals surface area contributed by atoms with Crippen molar-refractivity contribution in [1.29, 1.82) is 0 Å². The summed E-state index contributed by atoms with van der Waals surface area (Å²) in [6, 6.07) is 11.5. The van der Waals surface area contributed by atoms with E-state index in [4.69, 9.17) is 27.6 Å². The van der Waals surface area contributed by atoms with E-state index in [0.717, 1.165) is 0 Å². The third-order valence-corrected chi connectivity index (χ3v) is 5.87. The third-order valence-electron chi connectivity index (χ3n) is 5.29. The van der Waals surface area contributed by atoms with Crippen molar-refractivity contribution in [2.75, 3.05) is 0 Å². The van der Waals surface area contributed by atoms with Gasteiger partial charge in [0.1, 0.15) is 23.5 Å². The highest BCUT2D eigenvalue weighted by Crippen LogP contribution is 2.45. The SMILES string of the molecule is O=C1NC(c2ccc(-c3ccccc3Cl)o2)C(C(=O)c2ccc(Cl)cc2)C(O)(C(F)(F)F)N1. The summed E-state index contributed by atoms with van der Waals surface area (Å²) in [6.45, 7) is 0. The summed E-state index contributed by atoms with van der Waals surface area (Å²) in [6.07, 6.45) is -5.38. The molecule has 1 aromatic heterocycles. The highest BCUT2D eigenvalue weighted by Gasteiger charge is 2.66. The minimum atomic E-state index is -5.38. The van der Waals surface area contributed by atoms with Crippen LogP contribution in [0.3, 0.4) is 0 Å². The zero-order valence-electron chi connectivity index (χ0n) is 16.5. The summed E-state index contributed by atoms with van der Waals surface area (Å²) in [5.74, 6) is -3.27. The molecular formula is C22H15Cl2F3N2O4. The van der Waals surface area contributed by atoms with Gasteiger partial charge in [-0.1, -0.05) is 35.3 Å². The lowest BCUT2D eigenvalue weighted by atomic mass is 9.79. The molecule has 2 heterocycles. The van der Waals surface area contributed by atoms with Gasteiger partial charge in [-0.2, -0.15) is 13.2 Å². The normalized spacial score (nSPS) is 23.0. The van der Waals surface area contributed by atoms with Gasteiger partial charge in [0.25, 0.3) is 0 Å². The van der Waals surface area contributed by atoms with Crippen molar-refractivity contribution in [2.24, 2.45) is 5.92 Å². The van der Waals surface area contributed by atoms with Crippen LogP contribution in [0.25, 0.3) is 11.3 Å². The number of hydrogen-bond donors (Lipinski definition) is 3. The Kier molecular flexibility index (Phi) is 5.90. The maximum atomic E-state index is 14.0.